The normalized spacial score (nSPS) is 20.5. The van der Waals surface area contributed by atoms with E-state index in [1.807, 2.05) is 6.07 Å². The Morgan fingerprint density at radius 1 is 1.33 bits per heavy atom. The molecule has 0 radical (unpaired) electrons. The molecule has 1 saturated heterocycles. The smallest absolute Gasteiger partial charge is 0.245 e. The van der Waals surface area contributed by atoms with Crippen molar-refractivity contribution in [1.29, 1.82) is 0 Å². The zero-order chi connectivity index (χ0) is 14.9. The number of pyridine rings is 1. The van der Waals surface area contributed by atoms with Gasteiger partial charge in [-0.1, -0.05) is 17.6 Å². The van der Waals surface area contributed by atoms with E-state index < -0.39 is 10.0 Å². The van der Waals surface area contributed by atoms with Crippen molar-refractivity contribution in [2.45, 2.75) is 25.3 Å². The second-order valence-corrected chi connectivity index (χ2v) is 6.99. The molecule has 0 aliphatic carbocycles. The van der Waals surface area contributed by atoms with E-state index in [1.165, 1.54) is 10.6 Å². The Balaban J connectivity index is 1.91. The van der Waals surface area contributed by atoms with Crippen LogP contribution in [0.25, 0.3) is 11.5 Å². The van der Waals surface area contributed by atoms with Crippen molar-refractivity contribution in [3.05, 3.63) is 30.3 Å². The van der Waals surface area contributed by atoms with Gasteiger partial charge in [-0.15, -0.1) is 0 Å². The highest BCUT2D eigenvalue weighted by molar-refractivity contribution is 7.88. The molecule has 2 aromatic heterocycles. The fraction of sp³-hybridized carbons (Fsp3) is 0.462. The van der Waals surface area contributed by atoms with Crippen LogP contribution in [0.4, 0.5) is 0 Å². The van der Waals surface area contributed by atoms with Crippen LogP contribution in [0.2, 0.25) is 0 Å². The lowest BCUT2D eigenvalue weighted by Crippen LogP contribution is -2.37. The number of hydrogen-bond acceptors (Lipinski definition) is 6. The van der Waals surface area contributed by atoms with Crippen LogP contribution in [-0.2, 0) is 10.0 Å². The van der Waals surface area contributed by atoms with Gasteiger partial charge in [0.05, 0.1) is 6.26 Å². The van der Waals surface area contributed by atoms with Crippen molar-refractivity contribution in [2.75, 3.05) is 12.8 Å². The number of rotatable bonds is 3. The first kappa shape index (κ1) is 14.2. The van der Waals surface area contributed by atoms with E-state index in [4.69, 9.17) is 4.52 Å². The van der Waals surface area contributed by atoms with Crippen molar-refractivity contribution in [3.63, 3.8) is 0 Å². The lowest BCUT2D eigenvalue weighted by Gasteiger charge is -2.30. The van der Waals surface area contributed by atoms with Crippen LogP contribution < -0.4 is 0 Å². The minimum Gasteiger partial charge on any atom is -0.337 e. The van der Waals surface area contributed by atoms with Gasteiger partial charge in [-0.2, -0.15) is 9.29 Å². The molecule has 2 aromatic rings. The highest BCUT2D eigenvalue weighted by atomic mass is 32.2. The first-order valence-electron chi connectivity index (χ1n) is 6.77. The summed E-state index contributed by atoms with van der Waals surface area (Å²) in [6.45, 7) is 0.491. The van der Waals surface area contributed by atoms with Gasteiger partial charge in [0, 0.05) is 12.7 Å². The van der Waals surface area contributed by atoms with Crippen LogP contribution in [0.15, 0.2) is 28.9 Å². The molecule has 3 heterocycles. The van der Waals surface area contributed by atoms with Crippen molar-refractivity contribution >= 4 is 10.0 Å². The van der Waals surface area contributed by atoms with Gasteiger partial charge in [0.2, 0.25) is 21.7 Å². The molecule has 1 atom stereocenters. The summed E-state index contributed by atoms with van der Waals surface area (Å²) in [5.41, 5.74) is 0.606. The molecule has 8 heteroatoms. The Labute approximate surface area is 123 Å². The second-order valence-electron chi connectivity index (χ2n) is 5.06. The third-order valence-electron chi connectivity index (χ3n) is 3.50. The lowest BCUT2D eigenvalue weighted by molar-refractivity contribution is 0.205. The minimum absolute atomic E-state index is 0.334. The van der Waals surface area contributed by atoms with Gasteiger partial charge in [-0.05, 0) is 25.0 Å². The zero-order valence-electron chi connectivity index (χ0n) is 11.6. The van der Waals surface area contributed by atoms with Gasteiger partial charge in [0.15, 0.2) is 0 Å². The van der Waals surface area contributed by atoms with Crippen LogP contribution in [0.5, 0.6) is 0 Å². The summed E-state index contributed by atoms with van der Waals surface area (Å²) in [5.74, 6) is 0.713. The van der Waals surface area contributed by atoms with Gasteiger partial charge < -0.3 is 4.52 Å². The summed E-state index contributed by atoms with van der Waals surface area (Å²) in [4.78, 5) is 8.48. The molecule has 0 bridgehead atoms. The maximum Gasteiger partial charge on any atom is 0.245 e. The van der Waals surface area contributed by atoms with E-state index in [0.717, 1.165) is 12.8 Å². The Morgan fingerprint density at radius 3 is 2.90 bits per heavy atom. The zero-order valence-corrected chi connectivity index (χ0v) is 12.5. The van der Waals surface area contributed by atoms with E-state index in [9.17, 15) is 8.42 Å². The van der Waals surface area contributed by atoms with Crippen molar-refractivity contribution in [2.24, 2.45) is 0 Å². The van der Waals surface area contributed by atoms with Crippen molar-refractivity contribution < 1.29 is 12.9 Å². The molecule has 3 rings (SSSR count). The van der Waals surface area contributed by atoms with Gasteiger partial charge in [-0.3, -0.25) is 4.98 Å². The molecule has 1 fully saturated rings. The third-order valence-corrected chi connectivity index (χ3v) is 4.79. The van der Waals surface area contributed by atoms with Gasteiger partial charge in [0.25, 0.3) is 0 Å². The lowest BCUT2D eigenvalue weighted by atomic mass is 10.1. The molecule has 1 aliphatic heterocycles. The van der Waals surface area contributed by atoms with Gasteiger partial charge in [-0.25, -0.2) is 8.42 Å². The van der Waals surface area contributed by atoms with E-state index in [2.05, 4.69) is 15.1 Å². The van der Waals surface area contributed by atoms with Crippen LogP contribution >= 0.6 is 0 Å². The van der Waals surface area contributed by atoms with Crippen LogP contribution in [0.3, 0.4) is 0 Å². The molecule has 0 saturated carbocycles. The largest absolute Gasteiger partial charge is 0.337 e. The van der Waals surface area contributed by atoms with Gasteiger partial charge >= 0.3 is 0 Å². The van der Waals surface area contributed by atoms with E-state index in [-0.39, 0.29) is 6.04 Å². The van der Waals surface area contributed by atoms with E-state index in [0.29, 0.717) is 30.4 Å². The summed E-state index contributed by atoms with van der Waals surface area (Å²) in [7, 11) is -3.29. The molecular formula is C13H16N4O3S. The quantitative estimate of drug-likeness (QED) is 0.856. The first-order chi connectivity index (χ1) is 10.1. The van der Waals surface area contributed by atoms with Crippen molar-refractivity contribution in [3.8, 4) is 11.5 Å². The molecule has 0 amide bonds. The first-order valence-corrected chi connectivity index (χ1v) is 8.62. The number of piperidine rings is 1. The average molecular weight is 308 g/mol. The monoisotopic (exact) mass is 308 g/mol. The Morgan fingerprint density at radius 2 is 2.19 bits per heavy atom. The second kappa shape index (κ2) is 5.53. The molecular weight excluding hydrogens is 292 g/mol. The number of aromatic nitrogens is 3. The summed E-state index contributed by atoms with van der Waals surface area (Å²) < 4.78 is 30.5. The SMILES string of the molecule is CS(=O)(=O)N1CCCC[C@H]1c1nc(-c2ccccn2)no1. The molecule has 0 spiro atoms. The summed E-state index contributed by atoms with van der Waals surface area (Å²) >= 11 is 0. The van der Waals surface area contributed by atoms with Crippen molar-refractivity contribution in [1.82, 2.24) is 19.4 Å². The number of hydrogen-bond donors (Lipinski definition) is 0. The topological polar surface area (TPSA) is 89.2 Å². The highest BCUT2D eigenvalue weighted by Gasteiger charge is 2.34. The fourth-order valence-corrected chi connectivity index (χ4v) is 3.64. The van der Waals surface area contributed by atoms with E-state index in [1.54, 1.807) is 18.3 Å². The molecule has 112 valence electrons. The maximum absolute atomic E-state index is 11.9. The molecule has 0 unspecified atom stereocenters. The molecule has 1 aliphatic rings. The minimum atomic E-state index is -3.29. The molecule has 7 nitrogen and oxygen atoms in total. The number of sulfonamides is 1. The Hall–Kier alpha value is -1.80. The fourth-order valence-electron chi connectivity index (χ4n) is 2.52. The third kappa shape index (κ3) is 2.96. The molecule has 0 N–H and O–H groups in total. The van der Waals surface area contributed by atoms with Gasteiger partial charge in [0.1, 0.15) is 11.7 Å². The van der Waals surface area contributed by atoms with Crippen LogP contribution in [-0.4, -0.2) is 40.6 Å². The molecule has 21 heavy (non-hydrogen) atoms. The Bertz CT molecular complexity index is 714. The summed E-state index contributed by atoms with van der Waals surface area (Å²) in [6, 6.07) is 5.04. The van der Waals surface area contributed by atoms with E-state index >= 15 is 0 Å². The average Bonchev–Trinajstić information content (AvgIpc) is 2.97. The standard InChI is InChI=1S/C13H16N4O3S/c1-21(18,19)17-9-5-3-7-11(17)13-15-12(16-20-13)10-6-2-4-8-14-10/h2,4,6,8,11H,3,5,7,9H2,1H3/t11-/m0/s1. The summed E-state index contributed by atoms with van der Waals surface area (Å²) in [6.07, 6.45) is 5.34. The number of nitrogens with zero attached hydrogens (tertiary/aromatic N) is 4. The summed E-state index contributed by atoms with van der Waals surface area (Å²) in [5, 5.41) is 3.91. The van der Waals surface area contributed by atoms with Crippen LogP contribution in [0, 0.1) is 0 Å². The Kier molecular flexibility index (Phi) is 3.73. The van der Waals surface area contributed by atoms with Crippen LogP contribution in [0.1, 0.15) is 31.2 Å². The highest BCUT2D eigenvalue weighted by Crippen LogP contribution is 2.32. The predicted octanol–water partition coefficient (Wildman–Crippen LogP) is 1.62. The maximum atomic E-state index is 11.9. The predicted molar refractivity (Wildman–Crippen MR) is 75.7 cm³/mol. The molecule has 0 aromatic carbocycles.